The van der Waals surface area contributed by atoms with Gasteiger partial charge < -0.3 is 4.90 Å². The molecule has 1 unspecified atom stereocenters. The normalized spacial score (nSPS) is 10.7. The van der Waals surface area contributed by atoms with Gasteiger partial charge in [0, 0.05) is 14.1 Å². The first-order chi connectivity index (χ1) is 5.54. The first-order valence-electron chi connectivity index (χ1n) is 3.90. The average Bonchev–Trinajstić information content (AvgIpc) is 2.32. The summed E-state index contributed by atoms with van der Waals surface area (Å²) in [6.45, 7) is 4.07. The van der Waals surface area contributed by atoms with Crippen molar-refractivity contribution in [3.05, 3.63) is 22.2 Å². The molecule has 66 valence electrons. The number of hydrogen-bond donors (Lipinski definition) is 0. The summed E-state index contributed by atoms with van der Waals surface area (Å²) in [5, 5.41) is 0.970. The SMILES string of the molecule is Cc1c[pH]c(C(=O)N(C)C)c1C. The molecule has 0 N–H and O–H groups in total. The van der Waals surface area contributed by atoms with Crippen LogP contribution in [0, 0.1) is 13.8 Å². The quantitative estimate of drug-likeness (QED) is 0.652. The molecule has 1 atom stereocenters. The van der Waals surface area contributed by atoms with E-state index in [4.69, 9.17) is 0 Å². The summed E-state index contributed by atoms with van der Waals surface area (Å²) >= 11 is 0. The third kappa shape index (κ3) is 1.54. The maximum atomic E-state index is 11.5. The molecule has 0 radical (unpaired) electrons. The Kier molecular flexibility index (Phi) is 2.58. The summed E-state index contributed by atoms with van der Waals surface area (Å²) in [7, 11) is 4.14. The molecule has 3 heteroatoms. The van der Waals surface area contributed by atoms with Gasteiger partial charge in [-0.3, -0.25) is 4.79 Å². The van der Waals surface area contributed by atoms with Crippen molar-refractivity contribution in [2.75, 3.05) is 14.1 Å². The first-order valence-corrected chi connectivity index (χ1v) is 4.98. The zero-order chi connectivity index (χ0) is 9.30. The molecule has 0 fully saturated rings. The lowest BCUT2D eigenvalue weighted by molar-refractivity contribution is 0.0831. The summed E-state index contributed by atoms with van der Waals surface area (Å²) in [5.74, 6) is 2.28. The van der Waals surface area contributed by atoms with Gasteiger partial charge in [0.25, 0.3) is 5.91 Å². The van der Waals surface area contributed by atoms with E-state index in [1.54, 1.807) is 19.0 Å². The predicted octanol–water partition coefficient (Wildman–Crippen LogP) is 2.04. The van der Waals surface area contributed by atoms with Gasteiger partial charge in [-0.25, -0.2) is 0 Å². The van der Waals surface area contributed by atoms with Gasteiger partial charge in [0.05, 0.1) is 5.30 Å². The number of hydrogen-bond acceptors (Lipinski definition) is 1. The van der Waals surface area contributed by atoms with Crippen LogP contribution in [-0.2, 0) is 0 Å². The Morgan fingerprint density at radius 3 is 2.33 bits per heavy atom. The molecule has 1 aromatic heterocycles. The van der Waals surface area contributed by atoms with Gasteiger partial charge in [0.1, 0.15) is 0 Å². The molecule has 1 rings (SSSR count). The second-order valence-corrected chi connectivity index (χ2v) is 4.25. The van der Waals surface area contributed by atoms with Crippen LogP contribution in [0.2, 0.25) is 0 Å². The zero-order valence-electron chi connectivity index (χ0n) is 7.93. The van der Waals surface area contributed by atoms with Gasteiger partial charge >= 0.3 is 0 Å². The van der Waals surface area contributed by atoms with Crippen LogP contribution in [0.3, 0.4) is 0 Å². The monoisotopic (exact) mass is 183 g/mol. The minimum absolute atomic E-state index is 0.152. The maximum absolute atomic E-state index is 11.5. The molecule has 0 spiro atoms. The highest BCUT2D eigenvalue weighted by Gasteiger charge is 2.12. The Labute approximate surface area is 74.7 Å². The van der Waals surface area contributed by atoms with E-state index in [0.29, 0.717) is 8.19 Å². The summed E-state index contributed by atoms with van der Waals surface area (Å²) < 4.78 is 0. The highest BCUT2D eigenvalue weighted by molar-refractivity contribution is 7.32. The van der Waals surface area contributed by atoms with Crippen LogP contribution in [0.5, 0.6) is 0 Å². The molecule has 12 heavy (non-hydrogen) atoms. The molecular formula is C9H14NOP. The zero-order valence-corrected chi connectivity index (χ0v) is 8.93. The number of carbonyl (C=O) groups excluding carboxylic acids is 1. The molecule has 0 aliphatic carbocycles. The Bertz CT molecular complexity index is 301. The molecule has 0 aliphatic heterocycles. The Morgan fingerprint density at radius 2 is 2.00 bits per heavy atom. The van der Waals surface area contributed by atoms with Crippen molar-refractivity contribution in [2.24, 2.45) is 0 Å². The van der Waals surface area contributed by atoms with Crippen LogP contribution in [-0.4, -0.2) is 24.9 Å². The molecular weight excluding hydrogens is 169 g/mol. The lowest BCUT2D eigenvalue weighted by atomic mass is 10.2. The third-order valence-electron chi connectivity index (χ3n) is 2.02. The topological polar surface area (TPSA) is 20.3 Å². The van der Waals surface area contributed by atoms with Crippen LogP contribution in [0.1, 0.15) is 21.2 Å². The molecule has 0 aliphatic rings. The van der Waals surface area contributed by atoms with E-state index in [2.05, 4.69) is 12.7 Å². The highest BCUT2D eigenvalue weighted by Crippen LogP contribution is 2.25. The second kappa shape index (κ2) is 3.32. The molecule has 0 saturated heterocycles. The molecule has 0 saturated carbocycles. The minimum Gasteiger partial charge on any atom is -0.344 e. The van der Waals surface area contributed by atoms with E-state index in [1.165, 1.54) is 5.56 Å². The van der Waals surface area contributed by atoms with Crippen LogP contribution >= 0.6 is 8.19 Å². The standard InChI is InChI=1S/C9H14NOP/c1-6-5-12-8(7(6)2)9(11)10(3)4/h5,12H,1-4H3. The van der Waals surface area contributed by atoms with E-state index in [1.807, 2.05) is 6.92 Å². The minimum atomic E-state index is 0.152. The number of carbonyl (C=O) groups is 1. The summed E-state index contributed by atoms with van der Waals surface area (Å²) in [6, 6.07) is 0. The van der Waals surface area contributed by atoms with Gasteiger partial charge in [-0.15, -0.1) is 8.19 Å². The van der Waals surface area contributed by atoms with Crippen LogP contribution in [0.15, 0.2) is 5.80 Å². The number of amides is 1. The van der Waals surface area contributed by atoms with Crippen molar-refractivity contribution in [1.82, 2.24) is 4.90 Å². The average molecular weight is 183 g/mol. The van der Waals surface area contributed by atoms with Gasteiger partial charge in [0.2, 0.25) is 0 Å². The van der Waals surface area contributed by atoms with Crippen molar-refractivity contribution < 1.29 is 4.79 Å². The molecule has 1 aromatic rings. The second-order valence-electron chi connectivity index (χ2n) is 3.17. The maximum Gasteiger partial charge on any atom is 0.257 e. The largest absolute Gasteiger partial charge is 0.344 e. The van der Waals surface area contributed by atoms with E-state index >= 15 is 0 Å². The number of nitrogens with zero attached hydrogens (tertiary/aromatic N) is 1. The lowest BCUT2D eigenvalue weighted by Crippen LogP contribution is -2.21. The number of aryl methyl sites for hydroxylation is 1. The van der Waals surface area contributed by atoms with Crippen molar-refractivity contribution in [1.29, 1.82) is 0 Å². The highest BCUT2D eigenvalue weighted by atomic mass is 31.0. The Balaban J connectivity index is 3.04. The van der Waals surface area contributed by atoms with Gasteiger partial charge in [-0.1, -0.05) is 0 Å². The van der Waals surface area contributed by atoms with E-state index < -0.39 is 0 Å². The summed E-state index contributed by atoms with van der Waals surface area (Å²) in [6.07, 6.45) is 0. The van der Waals surface area contributed by atoms with Crippen LogP contribution in [0.4, 0.5) is 0 Å². The van der Waals surface area contributed by atoms with Crippen molar-refractivity contribution >= 4 is 14.1 Å². The fourth-order valence-corrected chi connectivity index (χ4v) is 2.38. The molecule has 1 heterocycles. The van der Waals surface area contributed by atoms with Gasteiger partial charge in [0.15, 0.2) is 0 Å². The number of rotatable bonds is 1. The van der Waals surface area contributed by atoms with E-state index in [9.17, 15) is 4.79 Å². The fraction of sp³-hybridized carbons (Fsp3) is 0.444. The molecule has 0 aromatic carbocycles. The molecule has 1 amide bonds. The molecule has 2 nitrogen and oxygen atoms in total. The third-order valence-corrected chi connectivity index (χ3v) is 3.47. The van der Waals surface area contributed by atoms with Crippen molar-refractivity contribution in [3.8, 4) is 0 Å². The van der Waals surface area contributed by atoms with Crippen molar-refractivity contribution in [3.63, 3.8) is 0 Å². The van der Waals surface area contributed by atoms with Crippen LogP contribution < -0.4 is 0 Å². The van der Waals surface area contributed by atoms with Gasteiger partial charge in [-0.05, 0) is 30.8 Å². The molecule has 0 bridgehead atoms. The Morgan fingerprint density at radius 1 is 1.42 bits per heavy atom. The Hall–Kier alpha value is -0.750. The predicted molar refractivity (Wildman–Crippen MR) is 53.4 cm³/mol. The summed E-state index contributed by atoms with van der Waals surface area (Å²) in [5.41, 5.74) is 2.41. The van der Waals surface area contributed by atoms with Gasteiger partial charge in [-0.2, -0.15) is 0 Å². The van der Waals surface area contributed by atoms with Crippen LogP contribution in [0.25, 0.3) is 0 Å². The van der Waals surface area contributed by atoms with Crippen molar-refractivity contribution in [2.45, 2.75) is 13.8 Å². The van der Waals surface area contributed by atoms with E-state index in [0.717, 1.165) is 10.9 Å². The summed E-state index contributed by atoms with van der Waals surface area (Å²) in [4.78, 5) is 13.2. The fourth-order valence-electron chi connectivity index (χ4n) is 1.04. The smallest absolute Gasteiger partial charge is 0.257 e. The first kappa shape index (κ1) is 9.34. The van der Waals surface area contributed by atoms with E-state index in [-0.39, 0.29) is 5.91 Å². The lowest BCUT2D eigenvalue weighted by Gasteiger charge is -2.09.